The fraction of sp³-hybridized carbons (Fsp3) is 0.455. The van der Waals surface area contributed by atoms with Crippen LogP contribution in [0.3, 0.4) is 0 Å². The second-order valence-corrected chi connectivity index (χ2v) is 4.35. The van der Waals surface area contributed by atoms with E-state index in [9.17, 15) is 13.2 Å². The van der Waals surface area contributed by atoms with Crippen molar-refractivity contribution in [1.29, 1.82) is 0 Å². The highest BCUT2D eigenvalue weighted by atomic mass is 19.4. The Morgan fingerprint density at radius 3 is 2.74 bits per heavy atom. The summed E-state index contributed by atoms with van der Waals surface area (Å²) >= 11 is 0. The Balaban J connectivity index is 2.37. The number of hydrogen-bond acceptors (Lipinski definition) is 4. The fourth-order valence-electron chi connectivity index (χ4n) is 1.88. The summed E-state index contributed by atoms with van der Waals surface area (Å²) < 4.78 is 37.9. The molecule has 1 fully saturated rings. The number of rotatable bonds is 4. The molecule has 0 bridgehead atoms. The van der Waals surface area contributed by atoms with Crippen molar-refractivity contribution in [2.24, 2.45) is 10.9 Å². The molecule has 0 amide bonds. The summed E-state index contributed by atoms with van der Waals surface area (Å²) in [4.78, 5) is 5.03. The van der Waals surface area contributed by atoms with Crippen LogP contribution in [0.1, 0.15) is 18.4 Å². The highest BCUT2D eigenvalue weighted by Crippen LogP contribution is 2.35. The topological polar surface area (TPSA) is 74.7 Å². The van der Waals surface area contributed by atoms with Crippen LogP contribution in [0.4, 0.5) is 18.9 Å². The summed E-state index contributed by atoms with van der Waals surface area (Å²) in [6, 6.07) is 1.26. The molecule has 1 heterocycles. The molecule has 0 aliphatic heterocycles. The Morgan fingerprint density at radius 2 is 2.21 bits per heavy atom. The van der Waals surface area contributed by atoms with Gasteiger partial charge in [0.1, 0.15) is 6.54 Å². The molecule has 0 spiro atoms. The molecule has 0 atom stereocenters. The molecule has 0 radical (unpaired) electrons. The summed E-state index contributed by atoms with van der Waals surface area (Å²) in [7, 11) is 0. The third-order valence-corrected chi connectivity index (χ3v) is 2.83. The second kappa shape index (κ2) is 4.94. The molecule has 3 N–H and O–H groups in total. The molecular formula is C11H13F3N4O. The minimum absolute atomic E-state index is 0.170. The Morgan fingerprint density at radius 1 is 1.53 bits per heavy atom. The van der Waals surface area contributed by atoms with Gasteiger partial charge in [0, 0.05) is 17.8 Å². The summed E-state index contributed by atoms with van der Waals surface area (Å²) in [5.41, 5.74) is 5.96. The quantitative estimate of drug-likeness (QED) is 0.379. The van der Waals surface area contributed by atoms with Crippen molar-refractivity contribution in [3.63, 3.8) is 0 Å². The molecule has 0 saturated heterocycles. The van der Waals surface area contributed by atoms with Gasteiger partial charge in [-0.25, -0.2) is 0 Å². The first-order valence-electron chi connectivity index (χ1n) is 5.67. The third-order valence-electron chi connectivity index (χ3n) is 2.83. The molecule has 1 aromatic heterocycles. The van der Waals surface area contributed by atoms with Gasteiger partial charge in [0.25, 0.3) is 0 Å². The molecule has 5 nitrogen and oxygen atoms in total. The third kappa shape index (κ3) is 3.27. The first-order chi connectivity index (χ1) is 8.92. The van der Waals surface area contributed by atoms with Crippen LogP contribution in [0.25, 0.3) is 0 Å². The van der Waals surface area contributed by atoms with Crippen LogP contribution in [0, 0.1) is 0 Å². The van der Waals surface area contributed by atoms with Crippen molar-refractivity contribution >= 4 is 11.5 Å². The van der Waals surface area contributed by atoms with Crippen LogP contribution < -0.4 is 10.6 Å². The van der Waals surface area contributed by atoms with Gasteiger partial charge in [0.2, 0.25) is 0 Å². The molecule has 2 rings (SSSR count). The Kier molecular flexibility index (Phi) is 3.50. The van der Waals surface area contributed by atoms with Gasteiger partial charge in [-0.3, -0.25) is 4.98 Å². The maximum absolute atomic E-state index is 12.6. The van der Waals surface area contributed by atoms with Crippen LogP contribution in [-0.4, -0.2) is 34.8 Å². The number of pyridine rings is 1. The summed E-state index contributed by atoms with van der Waals surface area (Å²) in [6.45, 7) is -1.07. The van der Waals surface area contributed by atoms with Gasteiger partial charge in [0.05, 0.1) is 11.9 Å². The average Bonchev–Trinajstić information content (AvgIpc) is 3.18. The Bertz CT molecular complexity index is 485. The minimum Gasteiger partial charge on any atom is -0.409 e. The smallest absolute Gasteiger partial charge is 0.405 e. The van der Waals surface area contributed by atoms with Gasteiger partial charge in [-0.15, -0.1) is 0 Å². The lowest BCUT2D eigenvalue weighted by molar-refractivity contribution is -0.120. The van der Waals surface area contributed by atoms with E-state index in [0.29, 0.717) is 12.8 Å². The molecule has 0 aromatic carbocycles. The highest BCUT2D eigenvalue weighted by Gasteiger charge is 2.39. The van der Waals surface area contributed by atoms with Gasteiger partial charge in [0.15, 0.2) is 5.84 Å². The average molecular weight is 274 g/mol. The predicted molar refractivity (Wildman–Crippen MR) is 63.2 cm³/mol. The zero-order chi connectivity index (χ0) is 14.0. The summed E-state index contributed by atoms with van der Waals surface area (Å²) in [5.74, 6) is -0.231. The number of nitrogens with two attached hydrogens (primary N) is 1. The lowest BCUT2D eigenvalue weighted by Gasteiger charge is -2.27. The van der Waals surface area contributed by atoms with Crippen LogP contribution >= 0.6 is 0 Å². The van der Waals surface area contributed by atoms with Crippen LogP contribution in [-0.2, 0) is 0 Å². The summed E-state index contributed by atoms with van der Waals surface area (Å²) in [6.07, 6.45) is -0.241. The van der Waals surface area contributed by atoms with Crippen molar-refractivity contribution in [3.05, 3.63) is 24.0 Å². The minimum atomic E-state index is -4.32. The number of hydrogen-bond donors (Lipinski definition) is 2. The number of amidine groups is 1. The fourth-order valence-corrected chi connectivity index (χ4v) is 1.88. The van der Waals surface area contributed by atoms with E-state index in [0.717, 1.165) is 0 Å². The second-order valence-electron chi connectivity index (χ2n) is 4.35. The molecule has 104 valence electrons. The summed E-state index contributed by atoms with van der Waals surface area (Å²) in [5, 5.41) is 11.5. The molecular weight excluding hydrogens is 261 g/mol. The number of alkyl halides is 3. The van der Waals surface area contributed by atoms with Gasteiger partial charge in [-0.2, -0.15) is 13.2 Å². The molecule has 19 heavy (non-hydrogen) atoms. The Hall–Kier alpha value is -1.99. The molecule has 8 heteroatoms. The van der Waals surface area contributed by atoms with E-state index in [1.54, 1.807) is 0 Å². The van der Waals surface area contributed by atoms with E-state index in [1.165, 1.54) is 23.4 Å². The van der Waals surface area contributed by atoms with E-state index < -0.39 is 12.7 Å². The van der Waals surface area contributed by atoms with Crippen molar-refractivity contribution in [1.82, 2.24) is 4.98 Å². The van der Waals surface area contributed by atoms with Crippen molar-refractivity contribution in [3.8, 4) is 0 Å². The molecule has 1 aliphatic carbocycles. The zero-order valence-corrected chi connectivity index (χ0v) is 9.93. The normalized spacial score (nSPS) is 16.5. The maximum Gasteiger partial charge on any atom is 0.405 e. The number of nitrogens with zero attached hydrogens (tertiary/aromatic N) is 3. The van der Waals surface area contributed by atoms with E-state index in [-0.39, 0.29) is 23.1 Å². The van der Waals surface area contributed by atoms with Crippen molar-refractivity contribution in [2.45, 2.75) is 25.1 Å². The zero-order valence-electron chi connectivity index (χ0n) is 9.93. The largest absolute Gasteiger partial charge is 0.409 e. The molecule has 1 aliphatic rings. The monoisotopic (exact) mass is 274 g/mol. The molecule has 0 unspecified atom stereocenters. The van der Waals surface area contributed by atoms with Crippen molar-refractivity contribution < 1.29 is 18.4 Å². The molecule has 1 saturated carbocycles. The van der Waals surface area contributed by atoms with E-state index in [2.05, 4.69) is 10.1 Å². The van der Waals surface area contributed by atoms with E-state index >= 15 is 0 Å². The lowest BCUT2D eigenvalue weighted by Crippen LogP contribution is -2.37. The van der Waals surface area contributed by atoms with E-state index in [1.807, 2.05) is 0 Å². The lowest BCUT2D eigenvalue weighted by atomic mass is 10.2. The van der Waals surface area contributed by atoms with Gasteiger partial charge >= 0.3 is 6.18 Å². The van der Waals surface area contributed by atoms with Gasteiger partial charge in [-0.1, -0.05) is 5.16 Å². The van der Waals surface area contributed by atoms with E-state index in [4.69, 9.17) is 10.9 Å². The number of oxime groups is 1. The van der Waals surface area contributed by atoms with Crippen molar-refractivity contribution in [2.75, 3.05) is 11.4 Å². The molecule has 1 aromatic rings. The highest BCUT2D eigenvalue weighted by molar-refractivity contribution is 6.02. The first kappa shape index (κ1) is 13.4. The number of halogens is 3. The number of aromatic nitrogens is 1. The SMILES string of the molecule is N/C(=N/O)c1ccncc1N(CC(F)(F)F)C1CC1. The van der Waals surface area contributed by atoms with Gasteiger partial charge in [-0.05, 0) is 18.9 Å². The van der Waals surface area contributed by atoms with Crippen LogP contribution in [0.5, 0.6) is 0 Å². The maximum atomic E-state index is 12.6. The number of anilines is 1. The van der Waals surface area contributed by atoms with Crippen LogP contribution in [0.2, 0.25) is 0 Å². The van der Waals surface area contributed by atoms with Gasteiger partial charge < -0.3 is 15.8 Å². The Labute approximate surface area is 107 Å². The first-order valence-corrected chi connectivity index (χ1v) is 5.67. The standard InChI is InChI=1S/C11H13F3N4O/c12-11(13,14)6-18(7-1-2-7)9-5-16-4-3-8(9)10(15)17-19/h3-5,7,19H,1-2,6H2,(H2,15,17). The van der Waals surface area contributed by atoms with Crippen LogP contribution in [0.15, 0.2) is 23.6 Å². The predicted octanol–water partition coefficient (Wildman–Crippen LogP) is 1.71.